The van der Waals surface area contributed by atoms with E-state index in [9.17, 15) is 29.4 Å². The summed E-state index contributed by atoms with van der Waals surface area (Å²) in [5, 5.41) is 24.8. The third kappa shape index (κ3) is 3.71. The first kappa shape index (κ1) is 34.3. The zero-order chi connectivity index (χ0) is 36.0. The second-order valence-electron chi connectivity index (χ2n) is 16.3. The van der Waals surface area contributed by atoms with Gasteiger partial charge in [0.2, 0.25) is 6.29 Å². The summed E-state index contributed by atoms with van der Waals surface area (Å²) in [5.41, 5.74) is -8.52. The Morgan fingerprint density at radius 2 is 1.72 bits per heavy atom. The van der Waals surface area contributed by atoms with Gasteiger partial charge in [-0.3, -0.25) is 14.4 Å². The summed E-state index contributed by atoms with van der Waals surface area (Å²) in [6, 6.07) is 0. The molecule has 50 heavy (non-hydrogen) atoms. The first-order valence-electron chi connectivity index (χ1n) is 17.4. The van der Waals surface area contributed by atoms with Crippen LogP contribution in [0.25, 0.3) is 0 Å². The minimum Gasteiger partial charge on any atom is -0.469 e. The molecule has 0 radical (unpaired) electrons. The molecule has 15 heteroatoms. The van der Waals surface area contributed by atoms with E-state index >= 15 is 0 Å². The van der Waals surface area contributed by atoms with Gasteiger partial charge in [-0.1, -0.05) is 20.8 Å². The van der Waals surface area contributed by atoms with Crippen molar-refractivity contribution in [2.75, 3.05) is 27.4 Å². The van der Waals surface area contributed by atoms with E-state index < -0.39 is 118 Å². The van der Waals surface area contributed by atoms with Crippen LogP contribution >= 0.6 is 0 Å². The minimum atomic E-state index is -1.67. The molecule has 15 nitrogen and oxygen atoms in total. The van der Waals surface area contributed by atoms with Gasteiger partial charge in [-0.25, -0.2) is 4.79 Å². The van der Waals surface area contributed by atoms with E-state index in [0.717, 1.165) is 0 Å². The van der Waals surface area contributed by atoms with Crippen LogP contribution in [-0.4, -0.2) is 121 Å². The highest BCUT2D eigenvalue weighted by molar-refractivity contribution is 5.81. The van der Waals surface area contributed by atoms with Gasteiger partial charge in [0.1, 0.15) is 28.8 Å². The van der Waals surface area contributed by atoms with Gasteiger partial charge in [0.25, 0.3) is 0 Å². The number of fused-ring (bicyclic) bond motifs is 7. The Hall–Kier alpha value is -2.82. The molecule has 16 atom stereocenters. The highest BCUT2D eigenvalue weighted by Crippen LogP contribution is 2.82. The summed E-state index contributed by atoms with van der Waals surface area (Å²) in [4.78, 5) is 54.2. The van der Waals surface area contributed by atoms with E-state index in [1.807, 2.05) is 20.8 Å². The minimum absolute atomic E-state index is 0.0580. The molecule has 8 rings (SSSR count). The summed E-state index contributed by atoms with van der Waals surface area (Å²) in [5.74, 6) is -5.32. The van der Waals surface area contributed by atoms with E-state index in [1.165, 1.54) is 27.4 Å². The van der Waals surface area contributed by atoms with Crippen molar-refractivity contribution in [2.45, 2.75) is 114 Å². The molecule has 276 valence electrons. The maximum absolute atomic E-state index is 14.2. The fraction of sp³-hybridized carbons (Fsp3) is 0.829. The number of ether oxygens (including phenoxy) is 9. The van der Waals surface area contributed by atoms with Crippen LogP contribution in [0.3, 0.4) is 0 Å². The maximum Gasteiger partial charge on any atom is 0.335 e. The van der Waals surface area contributed by atoms with Crippen molar-refractivity contribution in [2.24, 2.45) is 39.9 Å². The van der Waals surface area contributed by atoms with Crippen LogP contribution in [-0.2, 0) is 61.8 Å². The Labute approximate surface area is 289 Å². The molecule has 0 amide bonds. The number of hydrogen-bond donors (Lipinski definition) is 2. The molecule has 5 aliphatic heterocycles. The van der Waals surface area contributed by atoms with Gasteiger partial charge in [0, 0.05) is 48.3 Å². The summed E-state index contributed by atoms with van der Waals surface area (Å²) in [6.45, 7) is 8.13. The number of hydrogen-bond acceptors (Lipinski definition) is 15. The van der Waals surface area contributed by atoms with Crippen LogP contribution in [0.15, 0.2) is 12.3 Å². The lowest BCUT2D eigenvalue weighted by Crippen LogP contribution is -2.77. The Bertz CT molecular complexity index is 1550. The molecule has 0 aromatic rings. The molecule has 5 heterocycles. The fourth-order valence-corrected chi connectivity index (χ4v) is 12.3. The number of aliphatic hydroxyl groups is 2. The van der Waals surface area contributed by atoms with Crippen molar-refractivity contribution in [1.29, 1.82) is 0 Å². The Kier molecular flexibility index (Phi) is 7.29. The van der Waals surface area contributed by atoms with Crippen molar-refractivity contribution in [3.63, 3.8) is 0 Å². The van der Waals surface area contributed by atoms with Gasteiger partial charge in [0.05, 0.1) is 52.0 Å². The van der Waals surface area contributed by atoms with Crippen molar-refractivity contribution in [3.05, 3.63) is 12.3 Å². The standard InChI is InChI=1S/C35H46O15/c1-15(2)10-21(37)48-18-12-19(47-16(3)36)33(28(40)43-7)14-45-22-25(33)32(18)13-46-23(27(39)42-6)24(32)30(4,26(22)38)35-20-11-17(31(35,5)50-35)34(41)8-9-44-29(34)49-20/h8-9,15,17-20,22-26,29,38,41H,10-14H2,1-7H3/t17-,18+,19-,20+,22-,23+,24+,25-,26-,29+,30+,31+,32-,33+,34+,35+/m1/s1. The lowest BCUT2D eigenvalue weighted by molar-refractivity contribution is -0.296. The monoisotopic (exact) mass is 706 g/mol. The van der Waals surface area contributed by atoms with E-state index in [4.69, 9.17) is 42.6 Å². The number of methoxy groups -OCH3 is 2. The summed E-state index contributed by atoms with van der Waals surface area (Å²) < 4.78 is 54.8. The largest absolute Gasteiger partial charge is 0.469 e. The number of esters is 4. The number of carbonyl (C=O) groups excluding carboxylic acids is 4. The van der Waals surface area contributed by atoms with Gasteiger partial charge in [-0.2, -0.15) is 0 Å². The Morgan fingerprint density at radius 3 is 2.38 bits per heavy atom. The fourth-order valence-electron chi connectivity index (χ4n) is 12.3. The highest BCUT2D eigenvalue weighted by Gasteiger charge is 2.95. The molecular formula is C35H46O15. The Morgan fingerprint density at radius 1 is 0.980 bits per heavy atom. The van der Waals surface area contributed by atoms with E-state index in [0.29, 0.717) is 6.42 Å². The van der Waals surface area contributed by atoms with Crippen LogP contribution < -0.4 is 0 Å². The predicted octanol–water partition coefficient (Wildman–Crippen LogP) is 0.557. The average Bonchev–Trinajstić information content (AvgIpc) is 3.49. The first-order valence-corrected chi connectivity index (χ1v) is 17.4. The van der Waals surface area contributed by atoms with Gasteiger partial charge < -0.3 is 52.8 Å². The predicted molar refractivity (Wildman–Crippen MR) is 163 cm³/mol. The van der Waals surface area contributed by atoms with Crippen LogP contribution in [0.5, 0.6) is 0 Å². The third-order valence-electron chi connectivity index (χ3n) is 13.9. The van der Waals surface area contributed by atoms with Gasteiger partial charge >= 0.3 is 23.9 Å². The highest BCUT2D eigenvalue weighted by atomic mass is 16.7. The molecule has 2 N–H and O–H groups in total. The molecule has 4 saturated heterocycles. The molecule has 8 aliphatic rings. The van der Waals surface area contributed by atoms with E-state index in [2.05, 4.69) is 0 Å². The normalized spacial score (nSPS) is 53.0. The topological polar surface area (TPSA) is 195 Å². The molecule has 1 spiro atoms. The number of aliphatic hydroxyl groups excluding tert-OH is 1. The maximum atomic E-state index is 14.2. The molecule has 2 bridgehead atoms. The van der Waals surface area contributed by atoms with E-state index in [1.54, 1.807) is 13.0 Å². The molecule has 3 saturated carbocycles. The lowest BCUT2D eigenvalue weighted by Gasteiger charge is -2.65. The lowest BCUT2D eigenvalue weighted by atomic mass is 9.38. The molecule has 0 aromatic heterocycles. The summed E-state index contributed by atoms with van der Waals surface area (Å²) >= 11 is 0. The average molecular weight is 707 g/mol. The second kappa shape index (κ2) is 10.6. The van der Waals surface area contributed by atoms with Crippen molar-refractivity contribution in [3.8, 4) is 0 Å². The van der Waals surface area contributed by atoms with Crippen LogP contribution in [0.1, 0.15) is 53.9 Å². The molecule has 0 unspecified atom stereocenters. The summed E-state index contributed by atoms with van der Waals surface area (Å²) in [7, 11) is 2.45. The van der Waals surface area contributed by atoms with Crippen LogP contribution in [0.4, 0.5) is 0 Å². The molecule has 7 fully saturated rings. The quantitative estimate of drug-likeness (QED) is 0.212. The molecule has 3 aliphatic carbocycles. The van der Waals surface area contributed by atoms with Crippen molar-refractivity contribution < 1.29 is 72.0 Å². The number of carbonyl (C=O) groups is 4. The SMILES string of the molecule is COC(=O)[C@H]1OC[C@@]23[C@@H](OC(=O)CC(C)C)C[C@@H](OC(C)=O)[C@@]4(C(=O)OC)CO[C@@H]([C@@H](O)[C@@](C)([C@]56O[C@@]5(C)[C@H]5C[C@@H]6O[C@@H]6OC=C[C@@]65O)[C@H]12)[C@@H]43. The van der Waals surface area contributed by atoms with Crippen molar-refractivity contribution in [1.82, 2.24) is 0 Å². The smallest absolute Gasteiger partial charge is 0.335 e. The molecule has 0 aromatic carbocycles. The third-order valence-corrected chi connectivity index (χ3v) is 13.9. The van der Waals surface area contributed by atoms with Crippen LogP contribution in [0, 0.1) is 39.9 Å². The molecular weight excluding hydrogens is 660 g/mol. The van der Waals surface area contributed by atoms with Gasteiger partial charge in [-0.15, -0.1) is 0 Å². The number of rotatable bonds is 7. The van der Waals surface area contributed by atoms with Gasteiger partial charge in [-0.05, 0) is 25.3 Å². The second-order valence-corrected chi connectivity index (χ2v) is 16.3. The summed E-state index contributed by atoms with van der Waals surface area (Å²) in [6.07, 6.45) is -4.67. The number of epoxide rings is 1. The van der Waals surface area contributed by atoms with Crippen molar-refractivity contribution >= 4 is 23.9 Å². The van der Waals surface area contributed by atoms with Crippen LogP contribution in [0.2, 0.25) is 0 Å². The van der Waals surface area contributed by atoms with E-state index in [-0.39, 0.29) is 32.0 Å². The Balaban J connectivity index is 1.36. The van der Waals surface area contributed by atoms with Gasteiger partial charge in [0.15, 0.2) is 11.7 Å². The zero-order valence-electron chi connectivity index (χ0n) is 29.2. The first-order chi connectivity index (χ1) is 23.5. The zero-order valence-corrected chi connectivity index (χ0v) is 29.2.